The van der Waals surface area contributed by atoms with Crippen molar-refractivity contribution in [2.45, 2.75) is 13.3 Å². The molecule has 0 aliphatic heterocycles. The number of hydrogen-bond donors (Lipinski definition) is 3. The number of rotatable bonds is 10. The molecule has 0 aliphatic rings. The number of hydrogen-bond acceptors (Lipinski definition) is 8. The van der Waals surface area contributed by atoms with Gasteiger partial charge < -0.3 is 20.5 Å². The molecule has 1 heterocycles. The summed E-state index contributed by atoms with van der Waals surface area (Å²) in [5, 5.41) is 25.4. The molecule has 20 heavy (non-hydrogen) atoms. The third-order valence-corrected chi connectivity index (χ3v) is 2.32. The Morgan fingerprint density at radius 3 is 2.50 bits per heavy atom. The largest absolute Gasteiger partial charge is 0.394 e. The van der Waals surface area contributed by atoms with Crippen molar-refractivity contribution < 1.29 is 14.8 Å². The minimum absolute atomic E-state index is 0.0568. The van der Waals surface area contributed by atoms with Crippen LogP contribution in [-0.4, -0.2) is 52.9 Å². The number of anilines is 2. The van der Waals surface area contributed by atoms with Crippen LogP contribution in [0.3, 0.4) is 0 Å². The van der Waals surface area contributed by atoms with Crippen LogP contribution in [0.4, 0.5) is 17.3 Å². The normalized spacial score (nSPS) is 10.3. The molecule has 1 aromatic rings. The van der Waals surface area contributed by atoms with Gasteiger partial charge in [-0.15, -0.1) is 0 Å². The summed E-state index contributed by atoms with van der Waals surface area (Å²) in [6.07, 6.45) is 2.10. The fraction of sp³-hybridized carbons (Fsp3) is 0.636. The number of nitrogens with one attached hydrogen (secondary N) is 2. The molecule has 0 aliphatic carbocycles. The fourth-order valence-electron chi connectivity index (χ4n) is 1.46. The highest BCUT2D eigenvalue weighted by molar-refractivity contribution is 5.69. The van der Waals surface area contributed by atoms with E-state index in [0.717, 1.165) is 6.42 Å². The standard InChI is InChI=1S/C11H19N5O4/c1-2-3-12-10-9(16(18)19)11(15-8-14-10)13-4-6-20-7-5-17/h8,17H,2-7H2,1H3,(H2,12,13,14,15). The molecule has 0 saturated carbocycles. The van der Waals surface area contributed by atoms with Crippen molar-refractivity contribution in [1.82, 2.24) is 9.97 Å². The van der Waals surface area contributed by atoms with Crippen LogP contribution in [0, 0.1) is 10.1 Å². The molecule has 0 aromatic carbocycles. The Hall–Kier alpha value is -2.00. The van der Waals surface area contributed by atoms with E-state index in [9.17, 15) is 10.1 Å². The summed E-state index contributed by atoms with van der Waals surface area (Å²) in [5.74, 6) is 0.349. The number of aliphatic hydroxyl groups excluding tert-OH is 1. The second-order valence-corrected chi connectivity index (χ2v) is 3.87. The number of nitro groups is 1. The molecule has 0 spiro atoms. The van der Waals surface area contributed by atoms with Gasteiger partial charge in [0.05, 0.1) is 24.7 Å². The van der Waals surface area contributed by atoms with E-state index < -0.39 is 4.92 Å². The van der Waals surface area contributed by atoms with Gasteiger partial charge in [-0.1, -0.05) is 6.92 Å². The Morgan fingerprint density at radius 1 is 1.30 bits per heavy atom. The molecule has 0 saturated heterocycles. The van der Waals surface area contributed by atoms with Gasteiger partial charge >= 0.3 is 5.69 Å². The number of nitrogens with zero attached hydrogens (tertiary/aromatic N) is 3. The van der Waals surface area contributed by atoms with Crippen LogP contribution in [-0.2, 0) is 4.74 Å². The minimum Gasteiger partial charge on any atom is -0.394 e. The molecule has 0 unspecified atom stereocenters. The van der Waals surface area contributed by atoms with E-state index in [1.807, 2.05) is 6.92 Å². The molecule has 0 radical (unpaired) electrons. The number of aliphatic hydroxyl groups is 1. The van der Waals surface area contributed by atoms with E-state index in [0.29, 0.717) is 19.7 Å². The maximum atomic E-state index is 11.1. The first kappa shape index (κ1) is 16.1. The highest BCUT2D eigenvalue weighted by Gasteiger charge is 2.22. The lowest BCUT2D eigenvalue weighted by Gasteiger charge is -2.09. The quantitative estimate of drug-likeness (QED) is 0.325. The summed E-state index contributed by atoms with van der Waals surface area (Å²) in [7, 11) is 0. The highest BCUT2D eigenvalue weighted by Crippen LogP contribution is 2.28. The van der Waals surface area contributed by atoms with Crippen molar-refractivity contribution in [1.29, 1.82) is 0 Å². The zero-order valence-corrected chi connectivity index (χ0v) is 11.3. The topological polar surface area (TPSA) is 122 Å². The van der Waals surface area contributed by atoms with Crippen molar-refractivity contribution >= 4 is 17.3 Å². The van der Waals surface area contributed by atoms with Crippen LogP contribution in [0.5, 0.6) is 0 Å². The van der Waals surface area contributed by atoms with E-state index in [-0.39, 0.29) is 30.5 Å². The maximum Gasteiger partial charge on any atom is 0.353 e. The molecule has 3 N–H and O–H groups in total. The molecule has 0 fully saturated rings. The van der Waals surface area contributed by atoms with Crippen molar-refractivity contribution in [3.8, 4) is 0 Å². The monoisotopic (exact) mass is 285 g/mol. The summed E-state index contributed by atoms with van der Waals surface area (Å²) in [6, 6.07) is 0. The predicted molar refractivity (Wildman–Crippen MR) is 73.9 cm³/mol. The molecule has 0 bridgehead atoms. The first-order valence-corrected chi connectivity index (χ1v) is 6.36. The molecular weight excluding hydrogens is 266 g/mol. The number of aromatic nitrogens is 2. The minimum atomic E-state index is -0.519. The zero-order chi connectivity index (χ0) is 14.8. The Bertz CT molecular complexity index is 429. The lowest BCUT2D eigenvalue weighted by atomic mass is 10.4. The Balaban J connectivity index is 2.71. The van der Waals surface area contributed by atoms with Crippen molar-refractivity contribution in [2.24, 2.45) is 0 Å². The predicted octanol–water partition coefficient (Wildman–Crippen LogP) is 0.628. The van der Waals surface area contributed by atoms with Gasteiger partial charge in [-0.05, 0) is 6.42 Å². The summed E-state index contributed by atoms with van der Waals surface area (Å²) in [6.45, 7) is 3.40. The summed E-state index contributed by atoms with van der Waals surface area (Å²) < 4.78 is 5.06. The van der Waals surface area contributed by atoms with Crippen LogP contribution in [0.2, 0.25) is 0 Å². The summed E-state index contributed by atoms with van der Waals surface area (Å²) >= 11 is 0. The third kappa shape index (κ3) is 4.94. The van der Waals surface area contributed by atoms with E-state index in [2.05, 4.69) is 20.6 Å². The Morgan fingerprint density at radius 2 is 1.95 bits per heavy atom. The van der Waals surface area contributed by atoms with Gasteiger partial charge in [0.15, 0.2) is 0 Å². The molecule has 9 heteroatoms. The smallest absolute Gasteiger partial charge is 0.353 e. The highest BCUT2D eigenvalue weighted by atomic mass is 16.6. The van der Waals surface area contributed by atoms with E-state index in [1.165, 1.54) is 6.33 Å². The van der Waals surface area contributed by atoms with E-state index in [4.69, 9.17) is 9.84 Å². The third-order valence-electron chi connectivity index (χ3n) is 2.32. The lowest BCUT2D eigenvalue weighted by molar-refractivity contribution is -0.383. The Labute approximate surface area is 116 Å². The van der Waals surface area contributed by atoms with Gasteiger partial charge in [0.25, 0.3) is 0 Å². The first-order valence-electron chi connectivity index (χ1n) is 6.36. The molecular formula is C11H19N5O4. The van der Waals surface area contributed by atoms with E-state index >= 15 is 0 Å². The van der Waals surface area contributed by atoms with Crippen LogP contribution in [0.1, 0.15) is 13.3 Å². The summed E-state index contributed by atoms with van der Waals surface area (Å²) in [5.41, 5.74) is -0.178. The molecule has 0 atom stereocenters. The van der Waals surface area contributed by atoms with Gasteiger partial charge in [-0.25, -0.2) is 9.97 Å². The van der Waals surface area contributed by atoms with E-state index in [1.54, 1.807) is 0 Å². The lowest BCUT2D eigenvalue weighted by Crippen LogP contribution is -2.14. The average molecular weight is 285 g/mol. The van der Waals surface area contributed by atoms with Crippen LogP contribution < -0.4 is 10.6 Å². The van der Waals surface area contributed by atoms with Gasteiger partial charge in [-0.2, -0.15) is 0 Å². The molecule has 1 rings (SSSR count). The average Bonchev–Trinajstić information content (AvgIpc) is 2.44. The number of ether oxygens (including phenoxy) is 1. The second-order valence-electron chi connectivity index (χ2n) is 3.87. The zero-order valence-electron chi connectivity index (χ0n) is 11.3. The molecule has 9 nitrogen and oxygen atoms in total. The second kappa shape index (κ2) is 8.99. The molecule has 1 aromatic heterocycles. The van der Waals surface area contributed by atoms with Crippen LogP contribution in [0.25, 0.3) is 0 Å². The first-order chi connectivity index (χ1) is 9.70. The van der Waals surface area contributed by atoms with Crippen LogP contribution in [0.15, 0.2) is 6.33 Å². The van der Waals surface area contributed by atoms with Gasteiger partial charge in [0, 0.05) is 13.1 Å². The Kier molecular flexibility index (Phi) is 7.22. The fourth-order valence-corrected chi connectivity index (χ4v) is 1.46. The maximum absolute atomic E-state index is 11.1. The van der Waals surface area contributed by atoms with Crippen LogP contribution >= 0.6 is 0 Å². The van der Waals surface area contributed by atoms with Gasteiger partial charge in [0.2, 0.25) is 11.6 Å². The molecule has 112 valence electrons. The summed E-state index contributed by atoms with van der Waals surface area (Å²) in [4.78, 5) is 18.4. The van der Waals surface area contributed by atoms with Crippen molar-refractivity contribution in [2.75, 3.05) is 43.5 Å². The van der Waals surface area contributed by atoms with Gasteiger partial charge in [-0.3, -0.25) is 10.1 Å². The van der Waals surface area contributed by atoms with Gasteiger partial charge in [0.1, 0.15) is 6.33 Å². The molecule has 0 amide bonds. The van der Waals surface area contributed by atoms with Crippen molar-refractivity contribution in [3.63, 3.8) is 0 Å². The SMILES string of the molecule is CCCNc1ncnc(NCCOCCO)c1[N+](=O)[O-]. The van der Waals surface area contributed by atoms with Crippen molar-refractivity contribution in [3.05, 3.63) is 16.4 Å².